The SMILES string of the molecule is Cc1cccc(CNCCC(C)(C)C(N)=NO)c1. The van der Waals surface area contributed by atoms with Crippen LogP contribution >= 0.6 is 0 Å². The van der Waals surface area contributed by atoms with Crippen molar-refractivity contribution in [2.24, 2.45) is 16.3 Å². The number of oxime groups is 1. The first kappa shape index (κ1) is 14.5. The van der Waals surface area contributed by atoms with Crippen LogP contribution < -0.4 is 11.1 Å². The van der Waals surface area contributed by atoms with Crippen molar-refractivity contribution in [3.8, 4) is 0 Å². The fraction of sp³-hybridized carbons (Fsp3) is 0.500. The Balaban J connectivity index is 2.35. The lowest BCUT2D eigenvalue weighted by atomic mass is 9.88. The minimum atomic E-state index is -0.283. The molecule has 0 heterocycles. The summed E-state index contributed by atoms with van der Waals surface area (Å²) in [6.07, 6.45) is 0.828. The molecule has 4 N–H and O–H groups in total. The zero-order chi connectivity index (χ0) is 13.6. The summed E-state index contributed by atoms with van der Waals surface area (Å²) in [5, 5.41) is 15.1. The summed E-state index contributed by atoms with van der Waals surface area (Å²) in [6.45, 7) is 7.70. The summed E-state index contributed by atoms with van der Waals surface area (Å²) in [5.41, 5.74) is 7.90. The number of nitrogens with zero attached hydrogens (tertiary/aromatic N) is 1. The Labute approximate surface area is 109 Å². The Kier molecular flexibility index (Phi) is 5.16. The second kappa shape index (κ2) is 6.40. The molecule has 0 fully saturated rings. The van der Waals surface area contributed by atoms with Crippen molar-refractivity contribution >= 4 is 5.84 Å². The number of benzene rings is 1. The second-order valence-electron chi connectivity index (χ2n) is 5.28. The number of amidine groups is 1. The Morgan fingerprint density at radius 2 is 2.17 bits per heavy atom. The van der Waals surface area contributed by atoms with Crippen LogP contribution in [-0.4, -0.2) is 17.6 Å². The first-order valence-corrected chi connectivity index (χ1v) is 6.20. The van der Waals surface area contributed by atoms with Crippen molar-refractivity contribution < 1.29 is 5.21 Å². The summed E-state index contributed by atoms with van der Waals surface area (Å²) in [5.74, 6) is 0.278. The molecule has 0 atom stereocenters. The zero-order valence-corrected chi connectivity index (χ0v) is 11.4. The van der Waals surface area contributed by atoms with Gasteiger partial charge in [0, 0.05) is 12.0 Å². The first-order valence-electron chi connectivity index (χ1n) is 6.20. The lowest BCUT2D eigenvalue weighted by Crippen LogP contribution is -2.34. The smallest absolute Gasteiger partial charge is 0.144 e. The minimum Gasteiger partial charge on any atom is -0.409 e. The van der Waals surface area contributed by atoms with Gasteiger partial charge in [0.2, 0.25) is 0 Å². The Hall–Kier alpha value is -1.55. The molecule has 100 valence electrons. The van der Waals surface area contributed by atoms with E-state index in [-0.39, 0.29) is 11.3 Å². The third-order valence-corrected chi connectivity index (χ3v) is 3.14. The average molecular weight is 249 g/mol. The van der Waals surface area contributed by atoms with Crippen LogP contribution in [0.2, 0.25) is 0 Å². The lowest BCUT2D eigenvalue weighted by molar-refractivity contribution is 0.305. The van der Waals surface area contributed by atoms with E-state index >= 15 is 0 Å². The Morgan fingerprint density at radius 3 is 2.78 bits per heavy atom. The molecule has 0 unspecified atom stereocenters. The molecule has 18 heavy (non-hydrogen) atoms. The van der Waals surface area contributed by atoms with Gasteiger partial charge in [0.1, 0.15) is 5.84 Å². The molecule has 0 bridgehead atoms. The van der Waals surface area contributed by atoms with Crippen molar-refractivity contribution in [3.63, 3.8) is 0 Å². The number of nitrogens with two attached hydrogens (primary N) is 1. The topological polar surface area (TPSA) is 70.6 Å². The molecule has 4 heteroatoms. The normalized spacial score (nSPS) is 12.7. The summed E-state index contributed by atoms with van der Waals surface area (Å²) in [7, 11) is 0. The van der Waals surface area contributed by atoms with E-state index in [2.05, 4.69) is 41.7 Å². The Morgan fingerprint density at radius 1 is 1.44 bits per heavy atom. The van der Waals surface area contributed by atoms with Crippen molar-refractivity contribution in [1.29, 1.82) is 0 Å². The van der Waals surface area contributed by atoms with E-state index in [1.807, 2.05) is 13.8 Å². The molecule has 0 aliphatic heterocycles. The average Bonchev–Trinajstić information content (AvgIpc) is 2.33. The van der Waals surface area contributed by atoms with Crippen LogP contribution in [0, 0.1) is 12.3 Å². The third-order valence-electron chi connectivity index (χ3n) is 3.14. The summed E-state index contributed by atoms with van der Waals surface area (Å²) in [6, 6.07) is 8.42. The van der Waals surface area contributed by atoms with Crippen LogP contribution in [0.25, 0.3) is 0 Å². The first-order chi connectivity index (χ1) is 8.45. The maximum atomic E-state index is 8.68. The van der Waals surface area contributed by atoms with E-state index in [1.54, 1.807) is 0 Å². The fourth-order valence-electron chi connectivity index (χ4n) is 1.72. The van der Waals surface area contributed by atoms with Crippen molar-refractivity contribution in [1.82, 2.24) is 5.32 Å². The maximum absolute atomic E-state index is 8.68. The molecular formula is C14H23N3O. The van der Waals surface area contributed by atoms with Gasteiger partial charge in [-0.25, -0.2) is 0 Å². The highest BCUT2D eigenvalue weighted by molar-refractivity contribution is 5.85. The van der Waals surface area contributed by atoms with Gasteiger partial charge in [0.25, 0.3) is 0 Å². The van der Waals surface area contributed by atoms with Gasteiger partial charge in [-0.1, -0.05) is 48.8 Å². The van der Waals surface area contributed by atoms with Crippen molar-refractivity contribution in [2.45, 2.75) is 33.7 Å². The van der Waals surface area contributed by atoms with Gasteiger partial charge in [-0.15, -0.1) is 0 Å². The number of aryl methyl sites for hydroxylation is 1. The van der Waals surface area contributed by atoms with Crippen molar-refractivity contribution in [2.75, 3.05) is 6.54 Å². The summed E-state index contributed by atoms with van der Waals surface area (Å²) < 4.78 is 0. The highest BCUT2D eigenvalue weighted by Crippen LogP contribution is 2.19. The van der Waals surface area contributed by atoms with Crippen LogP contribution in [0.1, 0.15) is 31.4 Å². The standard InChI is InChI=1S/C14H23N3O/c1-11-5-4-6-12(9-11)10-16-8-7-14(2,3)13(15)17-18/h4-6,9,16,18H,7-8,10H2,1-3H3,(H2,15,17). The molecule has 0 aliphatic rings. The predicted octanol–water partition coefficient (Wildman–Crippen LogP) is 2.25. The van der Waals surface area contributed by atoms with Gasteiger partial charge in [0.15, 0.2) is 0 Å². The van der Waals surface area contributed by atoms with Crippen LogP contribution in [0.15, 0.2) is 29.4 Å². The van der Waals surface area contributed by atoms with Gasteiger partial charge in [-0.2, -0.15) is 0 Å². The molecule has 0 spiro atoms. The van der Waals surface area contributed by atoms with E-state index in [0.717, 1.165) is 19.5 Å². The lowest BCUT2D eigenvalue weighted by Gasteiger charge is -2.22. The quantitative estimate of drug-likeness (QED) is 0.238. The monoisotopic (exact) mass is 249 g/mol. The van der Waals surface area contributed by atoms with E-state index in [1.165, 1.54) is 11.1 Å². The highest BCUT2D eigenvalue weighted by atomic mass is 16.4. The molecule has 0 aromatic heterocycles. The van der Waals surface area contributed by atoms with E-state index in [4.69, 9.17) is 10.9 Å². The van der Waals surface area contributed by atoms with Gasteiger partial charge in [0.05, 0.1) is 0 Å². The zero-order valence-electron chi connectivity index (χ0n) is 11.4. The number of nitrogens with one attached hydrogen (secondary N) is 1. The van der Waals surface area contributed by atoms with Crippen LogP contribution in [0.3, 0.4) is 0 Å². The predicted molar refractivity (Wildman–Crippen MR) is 74.7 cm³/mol. The van der Waals surface area contributed by atoms with Crippen LogP contribution in [0.5, 0.6) is 0 Å². The number of hydrogen-bond acceptors (Lipinski definition) is 3. The minimum absolute atomic E-state index is 0.278. The molecule has 4 nitrogen and oxygen atoms in total. The number of hydrogen-bond donors (Lipinski definition) is 3. The van der Waals surface area contributed by atoms with Gasteiger partial charge >= 0.3 is 0 Å². The highest BCUT2D eigenvalue weighted by Gasteiger charge is 2.22. The molecule has 0 saturated heterocycles. The molecule has 1 aromatic rings. The largest absolute Gasteiger partial charge is 0.409 e. The fourth-order valence-corrected chi connectivity index (χ4v) is 1.72. The van der Waals surface area contributed by atoms with Crippen LogP contribution in [0.4, 0.5) is 0 Å². The van der Waals surface area contributed by atoms with Crippen molar-refractivity contribution in [3.05, 3.63) is 35.4 Å². The molecule has 0 saturated carbocycles. The van der Waals surface area contributed by atoms with Gasteiger partial charge in [-0.05, 0) is 25.5 Å². The Bertz CT molecular complexity index is 413. The van der Waals surface area contributed by atoms with E-state index < -0.39 is 0 Å². The second-order valence-corrected chi connectivity index (χ2v) is 5.28. The van der Waals surface area contributed by atoms with Gasteiger partial charge in [-0.3, -0.25) is 0 Å². The van der Waals surface area contributed by atoms with Crippen LogP contribution in [-0.2, 0) is 6.54 Å². The third kappa shape index (κ3) is 4.37. The maximum Gasteiger partial charge on any atom is 0.144 e. The van der Waals surface area contributed by atoms with E-state index in [9.17, 15) is 0 Å². The summed E-state index contributed by atoms with van der Waals surface area (Å²) in [4.78, 5) is 0. The number of rotatable bonds is 6. The van der Waals surface area contributed by atoms with Gasteiger partial charge < -0.3 is 16.3 Å². The summed E-state index contributed by atoms with van der Waals surface area (Å²) >= 11 is 0. The van der Waals surface area contributed by atoms with E-state index in [0.29, 0.717) is 0 Å². The molecule has 0 aliphatic carbocycles. The molecule has 1 aromatic carbocycles. The molecule has 1 rings (SSSR count). The molecule has 0 amide bonds. The molecular weight excluding hydrogens is 226 g/mol. The molecule has 0 radical (unpaired) electrons.